The maximum absolute atomic E-state index is 13.5. The van der Waals surface area contributed by atoms with Gasteiger partial charge in [0.1, 0.15) is 12.1 Å². The van der Waals surface area contributed by atoms with Gasteiger partial charge in [0.25, 0.3) is 5.56 Å². The fraction of sp³-hybridized carbons (Fsp3) is 0.321. The van der Waals surface area contributed by atoms with Crippen LogP contribution < -0.4 is 16.0 Å². The molecule has 0 saturated heterocycles. The molecule has 2 heterocycles. The Morgan fingerprint density at radius 1 is 0.955 bits per heavy atom. The van der Waals surface area contributed by atoms with E-state index in [0.717, 1.165) is 29.1 Å². The van der Waals surface area contributed by atoms with Gasteiger partial charge in [0.2, 0.25) is 16.2 Å². The first-order valence-corrected chi connectivity index (χ1v) is 17.1. The highest BCUT2D eigenvalue weighted by molar-refractivity contribution is 8.14. The van der Waals surface area contributed by atoms with Crippen LogP contribution in [0.2, 0.25) is 0 Å². The number of anilines is 1. The van der Waals surface area contributed by atoms with Gasteiger partial charge in [-0.3, -0.25) is 23.9 Å². The Hall–Kier alpha value is -3.46. The van der Waals surface area contributed by atoms with Crippen LogP contribution in [0.4, 0.5) is 5.95 Å². The van der Waals surface area contributed by atoms with Crippen LogP contribution in [-0.2, 0) is 24.9 Å². The maximum Gasteiger partial charge on any atom is 0.356 e. The molecule has 0 bridgehead atoms. The minimum absolute atomic E-state index is 0.0288. The lowest BCUT2D eigenvalue weighted by Gasteiger charge is -2.18. The Kier molecular flexibility index (Phi) is 12.2. The van der Waals surface area contributed by atoms with Gasteiger partial charge in [-0.25, -0.2) is 4.98 Å². The Balaban J connectivity index is 1.29. The van der Waals surface area contributed by atoms with Gasteiger partial charge in [-0.05, 0) is 31.2 Å². The number of carbonyl (C=O) groups excluding carboxylic acids is 2. The molecule has 0 fully saturated rings. The lowest BCUT2D eigenvalue weighted by Crippen LogP contribution is -2.14. The molecular weight excluding hydrogens is 629 g/mol. The quantitative estimate of drug-likeness (QED) is 0.128. The largest absolute Gasteiger partial charge is 0.497 e. The number of hydrogen-bond donors (Lipinski definition) is 2. The maximum atomic E-state index is 13.5. The topological polar surface area (TPSA) is 178 Å². The Morgan fingerprint density at radius 3 is 2.14 bits per heavy atom. The van der Waals surface area contributed by atoms with E-state index in [0.29, 0.717) is 22.5 Å². The summed E-state index contributed by atoms with van der Waals surface area (Å²) in [6.45, 7) is 2.18. The number of methoxy groups -OCH3 is 1. The molecule has 1 atom stereocenters. The highest BCUT2D eigenvalue weighted by atomic mass is 32.2. The molecule has 2 aromatic heterocycles. The second-order valence-corrected chi connectivity index (χ2v) is 13.4. The van der Waals surface area contributed by atoms with Crippen molar-refractivity contribution in [2.45, 2.75) is 13.5 Å². The number of ether oxygens (including phenoxy) is 2. The molecule has 44 heavy (non-hydrogen) atoms. The summed E-state index contributed by atoms with van der Waals surface area (Å²) in [6, 6.07) is 13.9. The highest BCUT2D eigenvalue weighted by Gasteiger charge is 2.26. The zero-order valence-electron chi connectivity index (χ0n) is 24.1. The minimum Gasteiger partial charge on any atom is -0.497 e. The number of carbonyl (C=O) groups is 2. The van der Waals surface area contributed by atoms with Gasteiger partial charge >= 0.3 is 7.60 Å². The molecule has 2 aromatic carbocycles. The zero-order chi connectivity index (χ0) is 31.5. The number of benzene rings is 2. The molecule has 3 N–H and O–H groups in total. The number of aromatic amines is 1. The van der Waals surface area contributed by atoms with Crippen molar-refractivity contribution in [3.8, 4) is 5.75 Å². The first-order chi connectivity index (χ1) is 21.2. The van der Waals surface area contributed by atoms with Crippen molar-refractivity contribution in [3.05, 3.63) is 81.9 Å². The van der Waals surface area contributed by atoms with Crippen LogP contribution in [-0.4, -0.2) is 74.5 Å². The lowest BCUT2D eigenvalue weighted by molar-refractivity contribution is 0.108. The van der Waals surface area contributed by atoms with Crippen molar-refractivity contribution < 1.29 is 32.7 Å². The average molecular weight is 662 g/mol. The summed E-state index contributed by atoms with van der Waals surface area (Å²) in [6.07, 6.45) is 1.06. The summed E-state index contributed by atoms with van der Waals surface area (Å²) >= 11 is 2.06. The second-order valence-electron chi connectivity index (χ2n) is 9.24. The number of rotatable bonds is 16. The molecule has 0 radical (unpaired) electrons. The van der Waals surface area contributed by atoms with E-state index in [4.69, 9.17) is 24.3 Å². The van der Waals surface area contributed by atoms with E-state index in [9.17, 15) is 18.9 Å². The zero-order valence-corrected chi connectivity index (χ0v) is 26.6. The van der Waals surface area contributed by atoms with E-state index in [1.54, 1.807) is 48.1 Å². The van der Waals surface area contributed by atoms with E-state index >= 15 is 0 Å². The first kappa shape index (κ1) is 33.4. The van der Waals surface area contributed by atoms with Crippen molar-refractivity contribution in [2.75, 3.05) is 50.5 Å². The van der Waals surface area contributed by atoms with Crippen LogP contribution in [0, 0.1) is 6.92 Å². The molecular formula is C28H32N5O8PS2. The molecule has 0 aliphatic rings. The number of nitrogens with one attached hydrogen (secondary N) is 1. The summed E-state index contributed by atoms with van der Waals surface area (Å²) in [4.78, 5) is 47.5. The van der Waals surface area contributed by atoms with Gasteiger partial charge in [-0.15, -0.1) is 0 Å². The summed E-state index contributed by atoms with van der Waals surface area (Å²) in [7, 11) is -2.23. The van der Waals surface area contributed by atoms with Gasteiger partial charge in [-0.2, -0.15) is 4.98 Å². The van der Waals surface area contributed by atoms with E-state index in [-0.39, 0.29) is 65.9 Å². The van der Waals surface area contributed by atoms with E-state index in [1.165, 1.54) is 6.33 Å². The number of thioether (sulfide) groups is 2. The average Bonchev–Trinajstić information content (AvgIpc) is 3.43. The lowest BCUT2D eigenvalue weighted by atomic mass is 10.2. The summed E-state index contributed by atoms with van der Waals surface area (Å²) in [5.74, 6) is 1.06. The van der Waals surface area contributed by atoms with Gasteiger partial charge in [0, 0.05) is 29.2 Å². The minimum atomic E-state index is -3.77. The first-order valence-electron chi connectivity index (χ1n) is 13.4. The number of nitrogen functional groups attached to an aromatic ring is 1. The molecule has 1 unspecified atom stereocenters. The molecule has 4 rings (SSSR count). The number of nitrogens with zero attached hydrogens (tertiary/aromatic N) is 3. The normalized spacial score (nSPS) is 12.7. The fourth-order valence-electron chi connectivity index (χ4n) is 3.79. The summed E-state index contributed by atoms with van der Waals surface area (Å²) in [5.41, 5.74) is 7.72. The van der Waals surface area contributed by atoms with E-state index in [1.807, 2.05) is 19.1 Å². The number of fused-ring (bicyclic) bond motifs is 1. The van der Waals surface area contributed by atoms with Crippen LogP contribution in [0.3, 0.4) is 0 Å². The predicted octanol–water partition coefficient (Wildman–Crippen LogP) is 4.37. The highest BCUT2D eigenvalue weighted by Crippen LogP contribution is 2.48. The second kappa shape index (κ2) is 16.0. The van der Waals surface area contributed by atoms with Gasteiger partial charge < -0.3 is 28.8 Å². The molecule has 0 aliphatic heterocycles. The van der Waals surface area contributed by atoms with Crippen LogP contribution in [0.25, 0.3) is 11.2 Å². The summed E-state index contributed by atoms with van der Waals surface area (Å²) < 4.78 is 37.1. The number of aryl methyl sites for hydroxylation is 1. The smallest absolute Gasteiger partial charge is 0.356 e. The molecule has 0 saturated carbocycles. The standard InChI is InChI=1S/C28H32N5O8PS2/c1-19-3-5-20(6-4-19)26(35)43-15-13-40-42(37,41-14-16-44-27(36)21-7-9-22(38-2)10-8-21)18-39-12-11-33-17-30-23-24(33)31-28(29)32-25(23)34/h3-10,17H,11-16,18H2,1-2H3,(H3,29,31,32,34). The third-order valence-electron chi connectivity index (χ3n) is 6.04. The van der Waals surface area contributed by atoms with Gasteiger partial charge in [-0.1, -0.05) is 53.4 Å². The van der Waals surface area contributed by atoms with Crippen LogP contribution in [0.5, 0.6) is 5.75 Å². The molecule has 13 nitrogen and oxygen atoms in total. The third kappa shape index (κ3) is 9.52. The van der Waals surface area contributed by atoms with Crippen molar-refractivity contribution in [3.63, 3.8) is 0 Å². The van der Waals surface area contributed by atoms with E-state index in [2.05, 4.69) is 15.0 Å². The van der Waals surface area contributed by atoms with Crippen molar-refractivity contribution in [2.24, 2.45) is 0 Å². The molecule has 0 aliphatic carbocycles. The Labute approximate surface area is 261 Å². The Bertz CT molecular complexity index is 1680. The van der Waals surface area contributed by atoms with Crippen molar-refractivity contribution in [1.29, 1.82) is 0 Å². The number of aromatic nitrogens is 4. The van der Waals surface area contributed by atoms with Crippen LogP contribution in [0.1, 0.15) is 26.3 Å². The third-order valence-corrected chi connectivity index (χ3v) is 9.43. The summed E-state index contributed by atoms with van der Waals surface area (Å²) in [5, 5.41) is -0.301. The SMILES string of the molecule is COc1ccc(C(=O)SCCOP(=O)(COCCn2cnc3c(=O)[nH]c(N)nc32)OCCSC(=O)c2ccc(C)cc2)cc1. The number of imidazole rings is 1. The van der Waals surface area contributed by atoms with Crippen LogP contribution >= 0.6 is 31.1 Å². The van der Waals surface area contributed by atoms with Crippen molar-refractivity contribution >= 4 is 58.5 Å². The monoisotopic (exact) mass is 661 g/mol. The van der Waals surface area contributed by atoms with Gasteiger partial charge in [0.15, 0.2) is 11.2 Å². The van der Waals surface area contributed by atoms with Crippen LogP contribution in [0.15, 0.2) is 59.7 Å². The predicted molar refractivity (Wildman–Crippen MR) is 171 cm³/mol. The molecule has 234 valence electrons. The number of hydrogen-bond acceptors (Lipinski definition) is 13. The molecule has 0 spiro atoms. The number of H-pyrrole nitrogens is 1. The number of nitrogens with two attached hydrogens (primary N) is 1. The van der Waals surface area contributed by atoms with Crippen molar-refractivity contribution in [1.82, 2.24) is 19.5 Å². The molecule has 0 amide bonds. The van der Waals surface area contributed by atoms with Gasteiger partial charge in [0.05, 0.1) is 33.3 Å². The van der Waals surface area contributed by atoms with E-state index < -0.39 is 13.2 Å². The molecule has 4 aromatic rings. The fourth-order valence-corrected chi connectivity index (χ4v) is 6.66. The Morgan fingerprint density at radius 2 is 1.55 bits per heavy atom. The molecule has 16 heteroatoms.